The zero-order valence-electron chi connectivity index (χ0n) is 11.6. The number of esters is 2. The molecule has 0 radical (unpaired) electrons. The Kier molecular flexibility index (Phi) is 4.18. The van der Waals surface area contributed by atoms with Crippen LogP contribution >= 0.6 is 0 Å². The molecule has 4 heteroatoms. The van der Waals surface area contributed by atoms with E-state index in [0.717, 1.165) is 28.5 Å². The van der Waals surface area contributed by atoms with Gasteiger partial charge in [-0.3, -0.25) is 0 Å². The van der Waals surface area contributed by atoms with Crippen LogP contribution in [0.15, 0.2) is 55.6 Å². The lowest BCUT2D eigenvalue weighted by molar-refractivity contribution is -0.129. The van der Waals surface area contributed by atoms with Gasteiger partial charge >= 0.3 is 11.9 Å². The number of hydrogen-bond acceptors (Lipinski definition) is 4. The molecule has 2 rings (SSSR count). The quantitative estimate of drug-likeness (QED) is 0.490. The molecule has 2 aromatic carbocycles. The van der Waals surface area contributed by atoms with Crippen LogP contribution in [0.5, 0.6) is 11.5 Å². The van der Waals surface area contributed by atoms with E-state index >= 15 is 0 Å². The van der Waals surface area contributed by atoms with Crippen molar-refractivity contribution in [3.8, 4) is 11.5 Å². The molecule has 4 nitrogen and oxygen atoms in total. The van der Waals surface area contributed by atoms with Gasteiger partial charge in [-0.05, 0) is 47.5 Å². The summed E-state index contributed by atoms with van der Waals surface area (Å²) in [5.41, 5.74) is 0.796. The Morgan fingerprint density at radius 1 is 0.952 bits per heavy atom. The Morgan fingerprint density at radius 3 is 2.29 bits per heavy atom. The summed E-state index contributed by atoms with van der Waals surface area (Å²) in [6.45, 7) is 8.54. The normalized spacial score (nSPS) is 9.95. The van der Waals surface area contributed by atoms with Crippen molar-refractivity contribution in [3.63, 3.8) is 0 Å². The topological polar surface area (TPSA) is 52.6 Å². The highest BCUT2D eigenvalue weighted by Crippen LogP contribution is 2.28. The molecule has 0 unspecified atom stereocenters. The van der Waals surface area contributed by atoms with Crippen molar-refractivity contribution in [2.24, 2.45) is 0 Å². The summed E-state index contributed by atoms with van der Waals surface area (Å²) >= 11 is 0. The highest BCUT2D eigenvalue weighted by atomic mass is 16.5. The molecule has 0 fully saturated rings. The summed E-state index contributed by atoms with van der Waals surface area (Å²) in [4.78, 5) is 22.5. The molecule has 0 N–H and O–H groups in total. The standard InChI is InChI=1S/C17H14O4/c1-4-16(18)20-14-7-6-12-10-15(21-17(19)5-2)11(3)8-13(12)9-14/h4-10H,1-2H2,3H3. The van der Waals surface area contributed by atoms with Gasteiger partial charge in [0.05, 0.1) is 0 Å². The highest BCUT2D eigenvalue weighted by Gasteiger charge is 2.08. The summed E-state index contributed by atoms with van der Waals surface area (Å²) < 4.78 is 10.2. The van der Waals surface area contributed by atoms with Crippen LogP contribution in [0.4, 0.5) is 0 Å². The second-order valence-electron chi connectivity index (χ2n) is 4.38. The first-order chi connectivity index (χ1) is 10.0. The summed E-state index contributed by atoms with van der Waals surface area (Å²) in [6, 6.07) is 8.80. The Hall–Kier alpha value is -2.88. The number of carbonyl (C=O) groups is 2. The number of fused-ring (bicyclic) bond motifs is 1. The zero-order chi connectivity index (χ0) is 15.4. The van der Waals surface area contributed by atoms with Crippen LogP contribution in [-0.4, -0.2) is 11.9 Å². The third kappa shape index (κ3) is 3.36. The van der Waals surface area contributed by atoms with E-state index in [2.05, 4.69) is 13.2 Å². The summed E-state index contributed by atoms with van der Waals surface area (Å²) in [5, 5.41) is 1.74. The summed E-state index contributed by atoms with van der Waals surface area (Å²) in [6.07, 6.45) is 2.22. The van der Waals surface area contributed by atoms with Gasteiger partial charge in [-0.15, -0.1) is 0 Å². The van der Waals surface area contributed by atoms with E-state index in [0.29, 0.717) is 11.5 Å². The van der Waals surface area contributed by atoms with E-state index in [1.165, 1.54) is 0 Å². The maximum Gasteiger partial charge on any atom is 0.335 e. The van der Waals surface area contributed by atoms with E-state index < -0.39 is 11.9 Å². The van der Waals surface area contributed by atoms with Gasteiger partial charge in [-0.25, -0.2) is 9.59 Å². The molecule has 0 aliphatic carbocycles. The van der Waals surface area contributed by atoms with E-state index in [-0.39, 0.29) is 0 Å². The van der Waals surface area contributed by atoms with Gasteiger partial charge in [0, 0.05) is 12.2 Å². The summed E-state index contributed by atoms with van der Waals surface area (Å²) in [5.74, 6) is -0.109. The molecule has 0 spiro atoms. The fourth-order valence-corrected chi connectivity index (χ4v) is 1.85. The first kappa shape index (κ1) is 14.5. The second-order valence-corrected chi connectivity index (χ2v) is 4.38. The lowest BCUT2D eigenvalue weighted by atomic mass is 10.1. The molecule has 0 bridgehead atoms. The Balaban J connectivity index is 2.39. The smallest absolute Gasteiger partial charge is 0.335 e. The largest absolute Gasteiger partial charge is 0.423 e. The van der Waals surface area contributed by atoms with E-state index in [9.17, 15) is 9.59 Å². The van der Waals surface area contributed by atoms with Crippen LogP contribution in [-0.2, 0) is 9.59 Å². The predicted molar refractivity (Wildman–Crippen MR) is 80.3 cm³/mol. The highest BCUT2D eigenvalue weighted by molar-refractivity contribution is 5.90. The predicted octanol–water partition coefficient (Wildman–Crippen LogP) is 3.33. The second kappa shape index (κ2) is 6.05. The lowest BCUT2D eigenvalue weighted by Crippen LogP contribution is -2.04. The minimum atomic E-state index is -0.511. The fraction of sp³-hybridized carbons (Fsp3) is 0.0588. The number of benzene rings is 2. The van der Waals surface area contributed by atoms with Gasteiger partial charge in [0.25, 0.3) is 0 Å². The van der Waals surface area contributed by atoms with E-state index in [1.807, 2.05) is 13.0 Å². The monoisotopic (exact) mass is 282 g/mol. The van der Waals surface area contributed by atoms with Crippen molar-refractivity contribution in [2.45, 2.75) is 6.92 Å². The number of ether oxygens (including phenoxy) is 2. The van der Waals surface area contributed by atoms with Crippen LogP contribution in [0.2, 0.25) is 0 Å². The number of hydrogen-bond donors (Lipinski definition) is 0. The van der Waals surface area contributed by atoms with Crippen LogP contribution < -0.4 is 9.47 Å². The minimum absolute atomic E-state index is 0.433. The maximum absolute atomic E-state index is 11.3. The lowest BCUT2D eigenvalue weighted by Gasteiger charge is -2.09. The number of rotatable bonds is 4. The van der Waals surface area contributed by atoms with Gasteiger partial charge in [-0.1, -0.05) is 19.2 Å². The number of aryl methyl sites for hydroxylation is 1. The first-order valence-electron chi connectivity index (χ1n) is 6.26. The van der Waals surface area contributed by atoms with Gasteiger partial charge in [-0.2, -0.15) is 0 Å². The van der Waals surface area contributed by atoms with Gasteiger partial charge in [0.15, 0.2) is 0 Å². The van der Waals surface area contributed by atoms with Crippen LogP contribution in [0.25, 0.3) is 10.8 Å². The van der Waals surface area contributed by atoms with Crippen molar-refractivity contribution in [2.75, 3.05) is 0 Å². The molecule has 0 atom stereocenters. The molecule has 2 aromatic rings. The van der Waals surface area contributed by atoms with Crippen molar-refractivity contribution in [1.82, 2.24) is 0 Å². The van der Waals surface area contributed by atoms with Gasteiger partial charge in [0.2, 0.25) is 0 Å². The number of carbonyl (C=O) groups excluding carboxylic acids is 2. The molecule has 0 saturated heterocycles. The SMILES string of the molecule is C=CC(=O)Oc1ccc2cc(OC(=O)C=C)c(C)cc2c1. The fourth-order valence-electron chi connectivity index (χ4n) is 1.85. The Morgan fingerprint density at radius 2 is 1.62 bits per heavy atom. The maximum atomic E-state index is 11.3. The van der Waals surface area contributed by atoms with Crippen LogP contribution in [0.1, 0.15) is 5.56 Å². The average Bonchev–Trinajstić information content (AvgIpc) is 2.47. The summed E-state index contributed by atoms with van der Waals surface area (Å²) in [7, 11) is 0. The average molecular weight is 282 g/mol. The minimum Gasteiger partial charge on any atom is -0.423 e. The molecule has 0 heterocycles. The third-order valence-electron chi connectivity index (χ3n) is 2.87. The first-order valence-corrected chi connectivity index (χ1v) is 6.26. The van der Waals surface area contributed by atoms with Crippen LogP contribution in [0.3, 0.4) is 0 Å². The van der Waals surface area contributed by atoms with Crippen molar-refractivity contribution in [3.05, 3.63) is 61.2 Å². The Labute approximate surface area is 122 Å². The molecule has 0 amide bonds. The Bertz CT molecular complexity index is 744. The molecule has 0 saturated carbocycles. The molecule has 0 aromatic heterocycles. The van der Waals surface area contributed by atoms with E-state index in [1.54, 1.807) is 24.3 Å². The third-order valence-corrected chi connectivity index (χ3v) is 2.87. The van der Waals surface area contributed by atoms with Crippen LogP contribution in [0, 0.1) is 6.92 Å². The van der Waals surface area contributed by atoms with Crippen molar-refractivity contribution in [1.29, 1.82) is 0 Å². The van der Waals surface area contributed by atoms with Gasteiger partial charge in [0.1, 0.15) is 11.5 Å². The molecular weight excluding hydrogens is 268 g/mol. The zero-order valence-corrected chi connectivity index (χ0v) is 11.6. The molecular formula is C17H14O4. The van der Waals surface area contributed by atoms with Gasteiger partial charge < -0.3 is 9.47 Å². The molecule has 21 heavy (non-hydrogen) atoms. The van der Waals surface area contributed by atoms with Crippen molar-refractivity contribution < 1.29 is 19.1 Å². The van der Waals surface area contributed by atoms with E-state index in [4.69, 9.17) is 9.47 Å². The van der Waals surface area contributed by atoms with Crippen molar-refractivity contribution >= 4 is 22.7 Å². The molecule has 0 aliphatic rings. The molecule has 0 aliphatic heterocycles. The molecule has 106 valence electrons.